The number of methoxy groups -OCH3 is 1. The van der Waals surface area contributed by atoms with Crippen LogP contribution in [0, 0.1) is 0 Å². The van der Waals surface area contributed by atoms with Gasteiger partial charge in [-0.2, -0.15) is 0 Å². The van der Waals surface area contributed by atoms with Gasteiger partial charge in [-0.3, -0.25) is 4.79 Å². The summed E-state index contributed by atoms with van der Waals surface area (Å²) in [6.07, 6.45) is 5.90. The zero-order valence-corrected chi connectivity index (χ0v) is 13.0. The standard InChI is InChI=1S/C13H19N2O2.HI/c1-14-7-3-5-11(9-14)13(16)15-8-4-6-12(15)10-17-2;/h3,5,7,9,12H,4,6,8,10H2,1-2H3;1H/q+1;/p-1/t12-;/m0./s1. The third kappa shape index (κ3) is 3.41. The summed E-state index contributed by atoms with van der Waals surface area (Å²) in [5.74, 6) is 0.112. The third-order valence-corrected chi connectivity index (χ3v) is 3.18. The van der Waals surface area contributed by atoms with Gasteiger partial charge in [-0.15, -0.1) is 0 Å². The Morgan fingerprint density at radius 2 is 2.39 bits per heavy atom. The summed E-state index contributed by atoms with van der Waals surface area (Å²) in [5.41, 5.74) is 0.748. The molecule has 0 unspecified atom stereocenters. The van der Waals surface area contributed by atoms with Crippen molar-refractivity contribution >= 4 is 5.91 Å². The molecule has 1 aromatic heterocycles. The summed E-state index contributed by atoms with van der Waals surface area (Å²) in [7, 11) is 3.61. The van der Waals surface area contributed by atoms with Crippen molar-refractivity contribution in [2.75, 3.05) is 20.3 Å². The second-order valence-electron chi connectivity index (χ2n) is 4.51. The lowest BCUT2D eigenvalue weighted by Gasteiger charge is -2.23. The summed E-state index contributed by atoms with van der Waals surface area (Å²) in [6.45, 7) is 1.47. The molecule has 0 aromatic carbocycles. The van der Waals surface area contributed by atoms with Crippen molar-refractivity contribution in [3.63, 3.8) is 0 Å². The van der Waals surface area contributed by atoms with E-state index in [0.717, 1.165) is 24.9 Å². The van der Waals surface area contributed by atoms with Crippen LogP contribution in [0.1, 0.15) is 23.2 Å². The van der Waals surface area contributed by atoms with E-state index in [4.69, 9.17) is 4.74 Å². The van der Waals surface area contributed by atoms with E-state index in [1.807, 2.05) is 41.0 Å². The van der Waals surface area contributed by atoms with Gasteiger partial charge in [0.05, 0.1) is 12.6 Å². The molecule has 1 saturated heterocycles. The highest BCUT2D eigenvalue weighted by atomic mass is 127. The molecule has 1 amide bonds. The van der Waals surface area contributed by atoms with Crippen molar-refractivity contribution < 1.29 is 38.1 Å². The van der Waals surface area contributed by atoms with Crippen molar-refractivity contribution in [3.8, 4) is 0 Å². The average Bonchev–Trinajstić information content (AvgIpc) is 2.77. The van der Waals surface area contributed by atoms with Crippen LogP contribution >= 0.6 is 0 Å². The molecule has 1 aliphatic heterocycles. The molecule has 0 bridgehead atoms. The first kappa shape index (κ1) is 15.4. The normalized spacial score (nSPS) is 18.6. The number of ether oxygens (including phenoxy) is 1. The van der Waals surface area contributed by atoms with Crippen LogP contribution in [0.25, 0.3) is 0 Å². The lowest BCUT2D eigenvalue weighted by molar-refractivity contribution is -0.671. The number of aryl methyl sites for hydroxylation is 1. The second kappa shape index (κ2) is 7.04. The van der Waals surface area contributed by atoms with Crippen LogP contribution in [0.2, 0.25) is 0 Å². The van der Waals surface area contributed by atoms with E-state index in [1.165, 1.54) is 0 Å². The molecule has 0 N–H and O–H groups in total. The van der Waals surface area contributed by atoms with Gasteiger partial charge in [0.2, 0.25) is 0 Å². The quantitative estimate of drug-likeness (QED) is 0.451. The molecule has 1 fully saturated rings. The Morgan fingerprint density at radius 1 is 1.61 bits per heavy atom. The minimum atomic E-state index is 0. The maximum Gasteiger partial charge on any atom is 0.260 e. The van der Waals surface area contributed by atoms with Gasteiger partial charge in [-0.1, -0.05) is 0 Å². The number of aromatic nitrogens is 1. The molecule has 0 radical (unpaired) electrons. The molecule has 0 aliphatic carbocycles. The Morgan fingerprint density at radius 3 is 3.06 bits per heavy atom. The zero-order valence-electron chi connectivity index (χ0n) is 10.8. The topological polar surface area (TPSA) is 33.4 Å². The molecule has 1 atom stereocenters. The first-order valence-corrected chi connectivity index (χ1v) is 5.97. The lowest BCUT2D eigenvalue weighted by atomic mass is 10.2. The zero-order chi connectivity index (χ0) is 12.3. The predicted octanol–water partition coefficient (Wildman–Crippen LogP) is -2.23. The number of likely N-dealkylation sites (tertiary alicyclic amines) is 1. The summed E-state index contributed by atoms with van der Waals surface area (Å²) in [6, 6.07) is 4.00. The Bertz CT molecular complexity index is 412. The van der Waals surface area contributed by atoms with Gasteiger partial charge in [-0.25, -0.2) is 4.57 Å². The van der Waals surface area contributed by atoms with E-state index in [2.05, 4.69) is 0 Å². The summed E-state index contributed by atoms with van der Waals surface area (Å²) in [4.78, 5) is 14.3. The fourth-order valence-corrected chi connectivity index (χ4v) is 2.35. The van der Waals surface area contributed by atoms with Gasteiger partial charge in [0.15, 0.2) is 12.4 Å². The number of halogens is 1. The molecule has 0 spiro atoms. The van der Waals surface area contributed by atoms with Crippen LogP contribution in [-0.4, -0.2) is 37.1 Å². The molecule has 2 rings (SSSR count). The maximum absolute atomic E-state index is 12.3. The molecular weight excluding hydrogens is 343 g/mol. The largest absolute Gasteiger partial charge is 1.00 e. The number of nitrogens with zero attached hydrogens (tertiary/aromatic N) is 2. The summed E-state index contributed by atoms with van der Waals surface area (Å²) in [5, 5.41) is 0. The van der Waals surface area contributed by atoms with E-state index >= 15 is 0 Å². The van der Waals surface area contributed by atoms with Gasteiger partial charge >= 0.3 is 0 Å². The Balaban J connectivity index is 0.00000162. The van der Waals surface area contributed by atoms with Crippen molar-refractivity contribution in [1.29, 1.82) is 0 Å². The van der Waals surface area contributed by atoms with Crippen LogP contribution in [0.5, 0.6) is 0 Å². The SMILES string of the molecule is COC[C@@H]1CCCN1C(=O)c1ccc[n+](C)c1.[I-]. The molecule has 100 valence electrons. The summed E-state index contributed by atoms with van der Waals surface area (Å²) >= 11 is 0. The molecule has 4 nitrogen and oxygen atoms in total. The van der Waals surface area contributed by atoms with Crippen molar-refractivity contribution in [2.24, 2.45) is 7.05 Å². The van der Waals surface area contributed by atoms with Crippen LogP contribution in [-0.2, 0) is 11.8 Å². The fourth-order valence-electron chi connectivity index (χ4n) is 2.35. The van der Waals surface area contributed by atoms with E-state index in [9.17, 15) is 4.79 Å². The average molecular weight is 362 g/mol. The number of hydrogen-bond donors (Lipinski definition) is 0. The number of carbonyl (C=O) groups excluding carboxylic acids is 1. The van der Waals surface area contributed by atoms with E-state index in [1.54, 1.807) is 7.11 Å². The van der Waals surface area contributed by atoms with Crippen LogP contribution in [0.15, 0.2) is 24.5 Å². The highest BCUT2D eigenvalue weighted by molar-refractivity contribution is 5.94. The number of rotatable bonds is 3. The smallest absolute Gasteiger partial charge is 0.260 e. The Kier molecular flexibility index (Phi) is 6.01. The number of amides is 1. The van der Waals surface area contributed by atoms with Gasteiger partial charge < -0.3 is 33.6 Å². The van der Waals surface area contributed by atoms with Gasteiger partial charge in [0, 0.05) is 19.7 Å². The lowest BCUT2D eigenvalue weighted by Crippen LogP contribution is -3.00. The van der Waals surface area contributed by atoms with Gasteiger partial charge in [0.25, 0.3) is 5.91 Å². The molecule has 5 heteroatoms. The summed E-state index contributed by atoms with van der Waals surface area (Å²) < 4.78 is 7.06. The Labute approximate surface area is 125 Å². The van der Waals surface area contributed by atoms with Crippen molar-refractivity contribution in [3.05, 3.63) is 30.1 Å². The molecule has 18 heavy (non-hydrogen) atoms. The van der Waals surface area contributed by atoms with Crippen molar-refractivity contribution in [1.82, 2.24) is 4.90 Å². The van der Waals surface area contributed by atoms with E-state index in [-0.39, 0.29) is 35.9 Å². The predicted molar refractivity (Wildman–Crippen MR) is 63.6 cm³/mol. The highest BCUT2D eigenvalue weighted by Gasteiger charge is 2.29. The molecule has 0 saturated carbocycles. The maximum atomic E-state index is 12.3. The van der Waals surface area contributed by atoms with Crippen LogP contribution in [0.4, 0.5) is 0 Å². The van der Waals surface area contributed by atoms with Crippen LogP contribution in [0.3, 0.4) is 0 Å². The molecule has 1 aromatic rings. The number of carbonyl (C=O) groups is 1. The minimum Gasteiger partial charge on any atom is -1.00 e. The molecule has 1 aliphatic rings. The van der Waals surface area contributed by atoms with Crippen molar-refractivity contribution in [2.45, 2.75) is 18.9 Å². The minimum absolute atomic E-state index is 0. The monoisotopic (exact) mass is 362 g/mol. The van der Waals surface area contributed by atoms with E-state index in [0.29, 0.717) is 6.61 Å². The molecular formula is C13H19IN2O2. The first-order valence-electron chi connectivity index (χ1n) is 5.97. The number of hydrogen-bond acceptors (Lipinski definition) is 2. The fraction of sp³-hybridized carbons (Fsp3) is 0.538. The third-order valence-electron chi connectivity index (χ3n) is 3.18. The van der Waals surface area contributed by atoms with Gasteiger partial charge in [-0.05, 0) is 18.9 Å². The second-order valence-corrected chi connectivity index (χ2v) is 4.51. The highest BCUT2D eigenvalue weighted by Crippen LogP contribution is 2.19. The first-order chi connectivity index (χ1) is 8.22. The number of pyridine rings is 1. The van der Waals surface area contributed by atoms with E-state index < -0.39 is 0 Å². The molecule has 2 heterocycles. The van der Waals surface area contributed by atoms with Crippen LogP contribution < -0.4 is 28.5 Å². The van der Waals surface area contributed by atoms with Gasteiger partial charge in [0.1, 0.15) is 12.6 Å². The Hall–Kier alpha value is -0.690.